The maximum atomic E-state index is 11.7. The second kappa shape index (κ2) is 8.77. The largest absolute Gasteiger partial charge is 0.496 e. The van der Waals surface area contributed by atoms with E-state index in [1.54, 1.807) is 19.1 Å². The number of para-hydroxylation sites is 1. The maximum absolute atomic E-state index is 11.7. The van der Waals surface area contributed by atoms with Crippen LogP contribution < -0.4 is 10.5 Å². The van der Waals surface area contributed by atoms with Gasteiger partial charge in [-0.1, -0.05) is 18.2 Å². The lowest BCUT2D eigenvalue weighted by Crippen LogP contribution is -2.33. The third-order valence-electron chi connectivity index (χ3n) is 2.83. The Kier molecular flexibility index (Phi) is 8.19. The van der Waals surface area contributed by atoms with Crippen LogP contribution in [-0.4, -0.2) is 37.6 Å². The van der Waals surface area contributed by atoms with Gasteiger partial charge < -0.3 is 15.4 Å². The summed E-state index contributed by atoms with van der Waals surface area (Å²) in [5.74, 6) is 0.949. The fourth-order valence-electron chi connectivity index (χ4n) is 1.75. The van der Waals surface area contributed by atoms with E-state index in [9.17, 15) is 4.79 Å². The molecule has 0 aliphatic carbocycles. The summed E-state index contributed by atoms with van der Waals surface area (Å²) in [4.78, 5) is 13.5. The van der Waals surface area contributed by atoms with Crippen molar-refractivity contribution in [2.45, 2.75) is 25.8 Å². The molecule has 0 aliphatic rings. The summed E-state index contributed by atoms with van der Waals surface area (Å²) in [5.41, 5.74) is 6.73. The third-order valence-corrected chi connectivity index (χ3v) is 2.83. The number of likely N-dealkylation sites (N-methyl/N-ethyl adjacent to an activating group) is 1. The number of benzene rings is 1. The number of ether oxygens (including phenoxy) is 1. The summed E-state index contributed by atoms with van der Waals surface area (Å²) in [6.07, 6.45) is 1.17. The lowest BCUT2D eigenvalue weighted by atomic mass is 10.1. The summed E-state index contributed by atoms with van der Waals surface area (Å²) in [7, 11) is 3.46. The molecule has 0 saturated carbocycles. The van der Waals surface area contributed by atoms with Crippen LogP contribution in [0.3, 0.4) is 0 Å². The molecule has 2 N–H and O–H groups in total. The molecule has 1 amide bonds. The molecule has 0 saturated heterocycles. The van der Waals surface area contributed by atoms with E-state index < -0.39 is 0 Å². The van der Waals surface area contributed by atoms with Gasteiger partial charge in [0.25, 0.3) is 0 Å². The van der Waals surface area contributed by atoms with Crippen molar-refractivity contribution < 1.29 is 9.53 Å². The molecule has 1 aromatic rings. The molecule has 1 aromatic carbocycles. The van der Waals surface area contributed by atoms with Crippen LogP contribution in [0, 0.1) is 0 Å². The van der Waals surface area contributed by atoms with Crippen LogP contribution in [0.2, 0.25) is 0 Å². The van der Waals surface area contributed by atoms with Crippen molar-refractivity contribution in [2.75, 3.05) is 20.7 Å². The highest BCUT2D eigenvalue weighted by Gasteiger charge is 2.11. The average molecular weight is 287 g/mol. The van der Waals surface area contributed by atoms with E-state index in [1.807, 2.05) is 31.2 Å². The van der Waals surface area contributed by atoms with E-state index in [-0.39, 0.29) is 24.4 Å². The predicted molar refractivity (Wildman–Crippen MR) is 79.8 cm³/mol. The Balaban J connectivity index is 0.00000324. The van der Waals surface area contributed by atoms with Gasteiger partial charge in [0.1, 0.15) is 5.75 Å². The van der Waals surface area contributed by atoms with Gasteiger partial charge >= 0.3 is 0 Å². The Labute approximate surface area is 121 Å². The van der Waals surface area contributed by atoms with Crippen LogP contribution in [0.5, 0.6) is 5.75 Å². The second-order valence-corrected chi connectivity index (χ2v) is 4.56. The number of hydrogen-bond donors (Lipinski definition) is 1. The molecule has 1 atom stereocenters. The number of carbonyl (C=O) groups excluding carboxylic acids is 1. The van der Waals surface area contributed by atoms with Crippen molar-refractivity contribution in [3.05, 3.63) is 29.8 Å². The molecule has 108 valence electrons. The first-order valence-corrected chi connectivity index (χ1v) is 6.16. The normalized spacial score (nSPS) is 11.4. The van der Waals surface area contributed by atoms with Crippen LogP contribution in [0.15, 0.2) is 24.3 Å². The number of carbonyl (C=O) groups is 1. The summed E-state index contributed by atoms with van der Waals surface area (Å²) in [6.45, 7) is 2.51. The van der Waals surface area contributed by atoms with Crippen molar-refractivity contribution in [3.8, 4) is 5.75 Å². The van der Waals surface area contributed by atoms with Crippen LogP contribution in [-0.2, 0) is 11.2 Å². The molecule has 0 heterocycles. The van der Waals surface area contributed by atoms with Crippen molar-refractivity contribution in [1.82, 2.24) is 4.90 Å². The van der Waals surface area contributed by atoms with E-state index in [4.69, 9.17) is 10.5 Å². The highest BCUT2D eigenvalue weighted by atomic mass is 35.5. The van der Waals surface area contributed by atoms with Crippen molar-refractivity contribution >= 4 is 18.3 Å². The molecule has 0 spiro atoms. The van der Waals surface area contributed by atoms with Crippen LogP contribution in [0.1, 0.15) is 18.9 Å². The minimum Gasteiger partial charge on any atom is -0.496 e. The molecule has 19 heavy (non-hydrogen) atoms. The first kappa shape index (κ1) is 17.7. The van der Waals surface area contributed by atoms with Gasteiger partial charge in [0, 0.05) is 26.1 Å². The number of nitrogens with two attached hydrogens (primary N) is 1. The Morgan fingerprint density at radius 3 is 2.63 bits per heavy atom. The zero-order valence-electron chi connectivity index (χ0n) is 11.8. The number of hydrogen-bond acceptors (Lipinski definition) is 3. The van der Waals surface area contributed by atoms with E-state index in [1.165, 1.54) is 0 Å². The van der Waals surface area contributed by atoms with Gasteiger partial charge in [-0.05, 0) is 25.0 Å². The molecular weight excluding hydrogens is 264 g/mol. The van der Waals surface area contributed by atoms with Crippen molar-refractivity contribution in [2.24, 2.45) is 5.73 Å². The minimum absolute atomic E-state index is 0. The fourth-order valence-corrected chi connectivity index (χ4v) is 1.75. The highest BCUT2D eigenvalue weighted by Crippen LogP contribution is 2.17. The lowest BCUT2D eigenvalue weighted by Gasteiger charge is -2.19. The van der Waals surface area contributed by atoms with Gasteiger partial charge in [0.15, 0.2) is 0 Å². The van der Waals surface area contributed by atoms with E-state index in [2.05, 4.69) is 0 Å². The summed E-state index contributed by atoms with van der Waals surface area (Å²) < 4.78 is 5.28. The SMILES string of the molecule is COc1ccccc1CCN(C)C(=O)CC(C)N.Cl. The number of methoxy groups -OCH3 is 1. The van der Waals surface area contributed by atoms with E-state index in [0.29, 0.717) is 13.0 Å². The minimum atomic E-state index is -0.0915. The average Bonchev–Trinajstić information content (AvgIpc) is 2.35. The molecule has 0 bridgehead atoms. The molecule has 0 aromatic heterocycles. The fraction of sp³-hybridized carbons (Fsp3) is 0.500. The highest BCUT2D eigenvalue weighted by molar-refractivity contribution is 5.85. The van der Waals surface area contributed by atoms with Crippen LogP contribution >= 0.6 is 12.4 Å². The molecule has 1 unspecified atom stereocenters. The van der Waals surface area contributed by atoms with Gasteiger partial charge in [-0.15, -0.1) is 12.4 Å². The van der Waals surface area contributed by atoms with E-state index in [0.717, 1.165) is 17.7 Å². The van der Waals surface area contributed by atoms with Crippen LogP contribution in [0.25, 0.3) is 0 Å². The topological polar surface area (TPSA) is 55.6 Å². The van der Waals surface area contributed by atoms with Crippen LogP contribution in [0.4, 0.5) is 0 Å². The zero-order chi connectivity index (χ0) is 13.5. The van der Waals surface area contributed by atoms with Crippen molar-refractivity contribution in [3.63, 3.8) is 0 Å². The van der Waals surface area contributed by atoms with Gasteiger partial charge in [0.05, 0.1) is 7.11 Å². The number of nitrogens with zero attached hydrogens (tertiary/aromatic N) is 1. The molecular formula is C14H23ClN2O2. The van der Waals surface area contributed by atoms with Gasteiger partial charge in [-0.3, -0.25) is 4.79 Å². The van der Waals surface area contributed by atoms with Gasteiger partial charge in [0.2, 0.25) is 5.91 Å². The lowest BCUT2D eigenvalue weighted by molar-refractivity contribution is -0.130. The third kappa shape index (κ3) is 5.94. The smallest absolute Gasteiger partial charge is 0.223 e. The number of rotatable bonds is 6. The summed E-state index contributed by atoms with van der Waals surface area (Å²) in [5, 5.41) is 0. The molecule has 0 radical (unpaired) electrons. The molecule has 5 heteroatoms. The summed E-state index contributed by atoms with van der Waals surface area (Å²) in [6, 6.07) is 7.77. The van der Waals surface area contributed by atoms with Gasteiger partial charge in [-0.2, -0.15) is 0 Å². The van der Waals surface area contributed by atoms with Crippen molar-refractivity contribution in [1.29, 1.82) is 0 Å². The molecule has 4 nitrogen and oxygen atoms in total. The Hall–Kier alpha value is -1.26. The number of amides is 1. The Morgan fingerprint density at radius 2 is 2.05 bits per heavy atom. The molecule has 1 rings (SSSR count). The first-order valence-electron chi connectivity index (χ1n) is 6.16. The number of halogens is 1. The summed E-state index contributed by atoms with van der Waals surface area (Å²) >= 11 is 0. The first-order chi connectivity index (χ1) is 8.54. The Bertz CT molecular complexity index is 397. The molecule has 0 fully saturated rings. The standard InChI is InChI=1S/C14H22N2O2.ClH/c1-11(15)10-14(17)16(2)9-8-12-6-4-5-7-13(12)18-3;/h4-7,11H,8-10,15H2,1-3H3;1H. The Morgan fingerprint density at radius 1 is 1.42 bits per heavy atom. The predicted octanol–water partition coefficient (Wildman–Crippen LogP) is 1.86. The zero-order valence-corrected chi connectivity index (χ0v) is 12.6. The molecule has 0 aliphatic heterocycles. The van der Waals surface area contributed by atoms with E-state index >= 15 is 0 Å². The second-order valence-electron chi connectivity index (χ2n) is 4.56. The maximum Gasteiger partial charge on any atom is 0.223 e. The van der Waals surface area contributed by atoms with Gasteiger partial charge in [-0.25, -0.2) is 0 Å². The monoisotopic (exact) mass is 286 g/mol. The quantitative estimate of drug-likeness (QED) is 0.868.